The fourth-order valence-corrected chi connectivity index (χ4v) is 6.65. The van der Waals surface area contributed by atoms with Crippen molar-refractivity contribution < 1.29 is 4.74 Å². The lowest BCUT2D eigenvalue weighted by Crippen LogP contribution is -2.59. The number of rotatable bonds is 7. The molecular weight excluding hydrogens is 514 g/mol. The van der Waals surface area contributed by atoms with Gasteiger partial charge in [-0.25, -0.2) is 9.78 Å². The molecule has 4 heterocycles. The van der Waals surface area contributed by atoms with Gasteiger partial charge in [-0.1, -0.05) is 38.1 Å². The van der Waals surface area contributed by atoms with E-state index in [0.29, 0.717) is 22.5 Å². The van der Waals surface area contributed by atoms with Gasteiger partial charge in [-0.15, -0.1) is 0 Å². The van der Waals surface area contributed by atoms with E-state index >= 15 is 0 Å². The molecule has 2 aliphatic rings. The smallest absolute Gasteiger partial charge is 0.349 e. The van der Waals surface area contributed by atoms with Crippen LogP contribution in [0.5, 0.6) is 0 Å². The molecule has 0 aliphatic carbocycles. The van der Waals surface area contributed by atoms with Crippen LogP contribution < -0.4 is 10.6 Å². The first-order chi connectivity index (χ1) is 19.7. The second-order valence-corrected chi connectivity index (χ2v) is 11.8. The third-order valence-corrected chi connectivity index (χ3v) is 8.86. The van der Waals surface area contributed by atoms with Crippen LogP contribution in [0.2, 0.25) is 0 Å². The Labute approximate surface area is 243 Å². The van der Waals surface area contributed by atoms with Crippen LogP contribution in [0.15, 0.2) is 41.2 Å². The van der Waals surface area contributed by atoms with E-state index in [2.05, 4.69) is 89.6 Å². The summed E-state index contributed by atoms with van der Waals surface area (Å²) >= 11 is 0. The first-order valence-corrected chi connectivity index (χ1v) is 15.0. The van der Waals surface area contributed by atoms with Crippen molar-refractivity contribution in [2.75, 3.05) is 31.1 Å². The zero-order valence-electron chi connectivity index (χ0n) is 25.2. The van der Waals surface area contributed by atoms with Crippen molar-refractivity contribution in [2.24, 2.45) is 7.05 Å². The fourth-order valence-electron chi connectivity index (χ4n) is 6.65. The highest BCUT2D eigenvalue weighted by Crippen LogP contribution is 2.33. The van der Waals surface area contributed by atoms with E-state index in [4.69, 9.17) is 4.74 Å². The van der Waals surface area contributed by atoms with Gasteiger partial charge in [0.25, 0.3) is 0 Å². The summed E-state index contributed by atoms with van der Waals surface area (Å²) in [5, 5.41) is 9.50. The highest BCUT2D eigenvalue weighted by atomic mass is 16.5. The summed E-state index contributed by atoms with van der Waals surface area (Å²) in [6.07, 6.45) is 2.42. The summed E-state index contributed by atoms with van der Waals surface area (Å²) in [6, 6.07) is 15.4. The Bertz CT molecular complexity index is 1450. The van der Waals surface area contributed by atoms with E-state index in [1.54, 1.807) is 19.2 Å². The molecule has 2 saturated heterocycles. The van der Waals surface area contributed by atoms with Crippen LogP contribution in [0.1, 0.15) is 70.3 Å². The van der Waals surface area contributed by atoms with Gasteiger partial charge < -0.3 is 9.64 Å². The Morgan fingerprint density at radius 3 is 2.29 bits per heavy atom. The van der Waals surface area contributed by atoms with Crippen molar-refractivity contribution in [1.82, 2.24) is 24.3 Å². The molecule has 0 amide bonds. The van der Waals surface area contributed by atoms with Gasteiger partial charge >= 0.3 is 5.69 Å². The summed E-state index contributed by atoms with van der Waals surface area (Å²) in [5.74, 6) is 0.592. The van der Waals surface area contributed by atoms with Gasteiger partial charge in [0.15, 0.2) is 5.82 Å². The van der Waals surface area contributed by atoms with Gasteiger partial charge in [-0.3, -0.25) is 14.4 Å². The van der Waals surface area contributed by atoms with E-state index in [0.717, 1.165) is 45.6 Å². The number of piperazine rings is 1. The highest BCUT2D eigenvalue weighted by Gasteiger charge is 2.37. The minimum Gasteiger partial charge on any atom is -0.373 e. The van der Waals surface area contributed by atoms with Crippen LogP contribution in [0, 0.1) is 11.3 Å². The molecule has 41 heavy (non-hydrogen) atoms. The lowest BCUT2D eigenvalue weighted by atomic mass is 9.96. The number of nitriles is 1. The van der Waals surface area contributed by atoms with Crippen molar-refractivity contribution in [2.45, 2.75) is 84.3 Å². The van der Waals surface area contributed by atoms with Crippen molar-refractivity contribution in [3.8, 4) is 6.07 Å². The molecule has 3 aromatic rings. The monoisotopic (exact) mass is 557 g/mol. The average molecular weight is 558 g/mol. The number of hydrogen-bond donors (Lipinski definition) is 0. The third kappa shape index (κ3) is 6.01. The van der Waals surface area contributed by atoms with Crippen molar-refractivity contribution in [3.05, 3.63) is 63.7 Å². The second-order valence-electron chi connectivity index (χ2n) is 11.8. The molecule has 218 valence electrons. The van der Waals surface area contributed by atoms with Crippen LogP contribution in [-0.2, 0) is 18.3 Å². The number of ether oxygens (including phenoxy) is 1. The van der Waals surface area contributed by atoms with Crippen LogP contribution in [-0.4, -0.2) is 74.8 Å². The number of pyridine rings is 1. The van der Waals surface area contributed by atoms with Gasteiger partial charge in [0.2, 0.25) is 0 Å². The van der Waals surface area contributed by atoms with Crippen molar-refractivity contribution in [1.29, 1.82) is 5.26 Å². The summed E-state index contributed by atoms with van der Waals surface area (Å²) < 4.78 is 7.41. The molecule has 2 aromatic heterocycles. The lowest BCUT2D eigenvalue weighted by molar-refractivity contribution is -0.0704. The Hall–Kier alpha value is -3.32. The van der Waals surface area contributed by atoms with Gasteiger partial charge in [0.05, 0.1) is 17.7 Å². The highest BCUT2D eigenvalue weighted by molar-refractivity contribution is 5.86. The predicted octanol–water partition coefficient (Wildman–Crippen LogP) is 4.25. The minimum atomic E-state index is -0.307. The molecule has 0 saturated carbocycles. The molecular formula is C32H43N7O2. The van der Waals surface area contributed by atoms with Gasteiger partial charge in [0, 0.05) is 57.9 Å². The SMILES string of the molecule is CC[C@H]1CN(C(C)c2ccc(CN3C[C@@H](C)O[C@@H](C)C3)cc2)[C@H](CC)CN1c1nc(=O)n(C)c2ccc(C#N)nc12. The Morgan fingerprint density at radius 1 is 0.976 bits per heavy atom. The number of nitrogens with zero attached hydrogens (tertiary/aromatic N) is 7. The average Bonchev–Trinajstić information content (AvgIpc) is 2.97. The lowest BCUT2D eigenvalue weighted by Gasteiger charge is -2.49. The first kappa shape index (κ1) is 29.2. The molecule has 5 rings (SSSR count). The summed E-state index contributed by atoms with van der Waals surface area (Å²) in [7, 11) is 1.70. The number of aromatic nitrogens is 3. The molecule has 5 atom stereocenters. The quantitative estimate of drug-likeness (QED) is 0.426. The topological polar surface area (TPSA) is 90.5 Å². The molecule has 0 radical (unpaired) electrons. The number of morpholine rings is 1. The molecule has 9 heteroatoms. The Morgan fingerprint density at radius 2 is 1.66 bits per heavy atom. The normalized spacial score (nSPS) is 24.9. The molecule has 2 aliphatic heterocycles. The zero-order chi connectivity index (χ0) is 29.3. The third-order valence-electron chi connectivity index (χ3n) is 8.86. The van der Waals surface area contributed by atoms with Crippen LogP contribution in [0.4, 0.5) is 5.82 Å². The maximum atomic E-state index is 12.9. The summed E-state index contributed by atoms with van der Waals surface area (Å²) in [6.45, 7) is 15.5. The fraction of sp³-hybridized carbons (Fsp3) is 0.562. The number of benzene rings is 1. The zero-order valence-corrected chi connectivity index (χ0v) is 25.2. The minimum absolute atomic E-state index is 0.167. The van der Waals surface area contributed by atoms with Crippen molar-refractivity contribution >= 4 is 16.9 Å². The molecule has 1 aromatic carbocycles. The van der Waals surface area contributed by atoms with E-state index in [-0.39, 0.29) is 36.0 Å². The van der Waals surface area contributed by atoms with Gasteiger partial charge in [-0.2, -0.15) is 10.2 Å². The molecule has 0 spiro atoms. The molecule has 0 N–H and O–H groups in total. The summed E-state index contributed by atoms with van der Waals surface area (Å²) in [4.78, 5) is 29.3. The van der Waals surface area contributed by atoms with Crippen LogP contribution >= 0.6 is 0 Å². The van der Waals surface area contributed by atoms with E-state index < -0.39 is 0 Å². The van der Waals surface area contributed by atoms with Gasteiger partial charge in [-0.05, 0) is 56.9 Å². The first-order valence-electron chi connectivity index (χ1n) is 15.0. The Balaban J connectivity index is 1.37. The Kier molecular flexibility index (Phi) is 8.74. The largest absolute Gasteiger partial charge is 0.373 e. The van der Waals surface area contributed by atoms with E-state index in [1.165, 1.54) is 15.7 Å². The predicted molar refractivity (Wildman–Crippen MR) is 162 cm³/mol. The van der Waals surface area contributed by atoms with Crippen molar-refractivity contribution in [3.63, 3.8) is 0 Å². The standard InChI is InChI=1S/C32H43N7O2/c1-7-27-20-39(31-30-29(36(6)32(40)35-31)14-13-26(15-33)34-30)28(8-2)19-38(27)23(5)25-11-9-24(10-12-25)18-37-16-21(3)41-22(4)17-37/h9-14,21-23,27-28H,7-8,16-20H2,1-6H3/t21-,22+,23?,27-,28+/m1/s1. The maximum Gasteiger partial charge on any atom is 0.349 e. The van der Waals surface area contributed by atoms with E-state index in [9.17, 15) is 10.1 Å². The molecule has 2 fully saturated rings. The molecule has 0 bridgehead atoms. The molecule has 9 nitrogen and oxygen atoms in total. The maximum absolute atomic E-state index is 12.9. The summed E-state index contributed by atoms with van der Waals surface area (Å²) in [5.41, 5.74) is 3.97. The second kappa shape index (κ2) is 12.3. The number of aryl methyl sites for hydroxylation is 1. The van der Waals surface area contributed by atoms with Crippen LogP contribution in [0.3, 0.4) is 0 Å². The number of fused-ring (bicyclic) bond motifs is 1. The van der Waals surface area contributed by atoms with Gasteiger partial charge in [0.1, 0.15) is 17.3 Å². The van der Waals surface area contributed by atoms with E-state index in [1.807, 2.05) is 0 Å². The number of anilines is 1. The van der Waals surface area contributed by atoms with Crippen LogP contribution in [0.25, 0.3) is 11.0 Å². The molecule has 1 unspecified atom stereocenters. The number of hydrogen-bond acceptors (Lipinski definition) is 8.